The molecule has 9 nitrogen and oxygen atoms in total. The summed E-state index contributed by atoms with van der Waals surface area (Å²) in [6, 6.07) is 9.60. The fourth-order valence-electron chi connectivity index (χ4n) is 3.52. The zero-order chi connectivity index (χ0) is 23.4. The van der Waals surface area contributed by atoms with Gasteiger partial charge in [-0.2, -0.15) is 4.98 Å². The van der Waals surface area contributed by atoms with Crippen LogP contribution >= 0.6 is 0 Å². The Morgan fingerprint density at radius 1 is 1.21 bits per heavy atom. The highest BCUT2D eigenvalue weighted by molar-refractivity contribution is 5.81. The SMILES string of the molecule is C=C(NOc1ncnc(OC2CCN(C(=O)OC(C)C)CC2)c1C)c1cc2ccccc2o1. The minimum atomic E-state index is -0.284. The molecule has 0 spiro atoms. The zero-order valence-electron chi connectivity index (χ0n) is 19.0. The molecule has 0 unspecified atom stereocenters. The van der Waals surface area contributed by atoms with Gasteiger partial charge in [0.2, 0.25) is 5.88 Å². The molecule has 0 saturated carbocycles. The third kappa shape index (κ3) is 5.36. The number of amides is 1. The quantitative estimate of drug-likeness (QED) is 0.524. The molecule has 33 heavy (non-hydrogen) atoms. The van der Waals surface area contributed by atoms with E-state index in [0.717, 1.165) is 11.0 Å². The average molecular weight is 453 g/mol. The fourth-order valence-corrected chi connectivity index (χ4v) is 3.52. The maximum Gasteiger partial charge on any atom is 0.410 e. The second kappa shape index (κ2) is 9.81. The maximum atomic E-state index is 12.1. The van der Waals surface area contributed by atoms with Crippen LogP contribution in [0.1, 0.15) is 38.0 Å². The Balaban J connectivity index is 1.33. The molecule has 9 heteroatoms. The van der Waals surface area contributed by atoms with Crippen molar-refractivity contribution in [2.45, 2.75) is 45.8 Å². The average Bonchev–Trinajstić information content (AvgIpc) is 3.24. The summed E-state index contributed by atoms with van der Waals surface area (Å²) in [5.41, 5.74) is 4.68. The Labute approximate surface area is 192 Å². The van der Waals surface area contributed by atoms with E-state index >= 15 is 0 Å². The van der Waals surface area contributed by atoms with Crippen LogP contribution in [0.3, 0.4) is 0 Å². The molecule has 0 bridgehead atoms. The lowest BCUT2D eigenvalue weighted by Crippen LogP contribution is -2.42. The molecule has 1 saturated heterocycles. The van der Waals surface area contributed by atoms with Crippen LogP contribution in [0.2, 0.25) is 0 Å². The van der Waals surface area contributed by atoms with Crippen LogP contribution in [0.15, 0.2) is 47.7 Å². The van der Waals surface area contributed by atoms with E-state index in [1.807, 2.05) is 51.1 Å². The zero-order valence-corrected chi connectivity index (χ0v) is 19.0. The number of hydroxylamine groups is 1. The molecule has 3 aromatic rings. The van der Waals surface area contributed by atoms with Crippen molar-refractivity contribution in [2.75, 3.05) is 13.1 Å². The van der Waals surface area contributed by atoms with Crippen LogP contribution in [0, 0.1) is 6.92 Å². The summed E-state index contributed by atoms with van der Waals surface area (Å²) in [4.78, 5) is 27.9. The van der Waals surface area contributed by atoms with E-state index in [1.54, 1.807) is 4.90 Å². The van der Waals surface area contributed by atoms with Crippen molar-refractivity contribution in [1.29, 1.82) is 0 Å². The summed E-state index contributed by atoms with van der Waals surface area (Å²) in [5.74, 6) is 1.34. The highest BCUT2D eigenvalue weighted by Crippen LogP contribution is 2.27. The maximum absolute atomic E-state index is 12.1. The first-order valence-corrected chi connectivity index (χ1v) is 10.9. The number of para-hydroxylation sites is 1. The molecule has 1 aliphatic rings. The number of furan rings is 1. The summed E-state index contributed by atoms with van der Waals surface area (Å²) in [5, 5.41) is 0.980. The normalized spacial score (nSPS) is 14.4. The number of benzene rings is 1. The van der Waals surface area contributed by atoms with Crippen molar-refractivity contribution in [3.8, 4) is 11.8 Å². The number of carbonyl (C=O) groups is 1. The van der Waals surface area contributed by atoms with Crippen LogP contribution in [-0.4, -0.2) is 46.3 Å². The molecule has 4 rings (SSSR count). The summed E-state index contributed by atoms with van der Waals surface area (Å²) < 4.78 is 17.1. The molecule has 0 aliphatic carbocycles. The van der Waals surface area contributed by atoms with Gasteiger partial charge in [-0.3, -0.25) is 0 Å². The fraction of sp³-hybridized carbons (Fsp3) is 0.375. The predicted molar refractivity (Wildman–Crippen MR) is 123 cm³/mol. The first kappa shape index (κ1) is 22.4. The molecule has 1 amide bonds. The van der Waals surface area contributed by atoms with E-state index in [1.165, 1.54) is 6.33 Å². The van der Waals surface area contributed by atoms with Gasteiger partial charge in [0.15, 0.2) is 5.76 Å². The number of piperidine rings is 1. The largest absolute Gasteiger partial charge is 0.474 e. The number of ether oxygens (including phenoxy) is 2. The lowest BCUT2D eigenvalue weighted by atomic mass is 10.1. The lowest BCUT2D eigenvalue weighted by Gasteiger charge is -2.31. The predicted octanol–water partition coefficient (Wildman–Crippen LogP) is 4.47. The van der Waals surface area contributed by atoms with Gasteiger partial charge in [0, 0.05) is 31.3 Å². The number of rotatable bonds is 7. The number of hydrogen-bond acceptors (Lipinski definition) is 8. The molecule has 1 N–H and O–H groups in total. The summed E-state index contributed by atoms with van der Waals surface area (Å²) in [6.07, 6.45) is 2.28. The number of carbonyl (C=O) groups excluding carboxylic acids is 1. The molecule has 0 atom stereocenters. The van der Waals surface area contributed by atoms with Crippen LogP contribution in [0.4, 0.5) is 4.79 Å². The molecule has 1 aromatic carbocycles. The van der Waals surface area contributed by atoms with Gasteiger partial charge in [0.1, 0.15) is 23.7 Å². The van der Waals surface area contributed by atoms with Gasteiger partial charge in [-0.1, -0.05) is 24.8 Å². The van der Waals surface area contributed by atoms with Gasteiger partial charge >= 0.3 is 6.09 Å². The topological polar surface area (TPSA) is 99.0 Å². The molecule has 3 heterocycles. The number of nitrogens with zero attached hydrogens (tertiary/aromatic N) is 3. The van der Waals surface area contributed by atoms with E-state index in [-0.39, 0.29) is 18.3 Å². The van der Waals surface area contributed by atoms with Gasteiger partial charge in [0.05, 0.1) is 11.7 Å². The van der Waals surface area contributed by atoms with Gasteiger partial charge in [-0.25, -0.2) is 15.3 Å². The molecule has 174 valence electrons. The van der Waals surface area contributed by atoms with Crippen molar-refractivity contribution in [3.63, 3.8) is 0 Å². The monoisotopic (exact) mass is 452 g/mol. The van der Waals surface area contributed by atoms with Gasteiger partial charge in [0.25, 0.3) is 5.88 Å². The van der Waals surface area contributed by atoms with Crippen molar-refractivity contribution < 1.29 is 23.5 Å². The van der Waals surface area contributed by atoms with Crippen molar-refractivity contribution in [3.05, 3.63) is 54.6 Å². The van der Waals surface area contributed by atoms with E-state index in [2.05, 4.69) is 22.0 Å². The molecule has 0 radical (unpaired) electrons. The van der Waals surface area contributed by atoms with Crippen molar-refractivity contribution in [2.24, 2.45) is 0 Å². The molecule has 2 aromatic heterocycles. The van der Waals surface area contributed by atoms with Crippen molar-refractivity contribution >= 4 is 22.8 Å². The Morgan fingerprint density at radius 2 is 1.94 bits per heavy atom. The van der Waals surface area contributed by atoms with Crippen molar-refractivity contribution in [1.82, 2.24) is 20.3 Å². The minimum absolute atomic E-state index is 0.0620. The highest BCUT2D eigenvalue weighted by atomic mass is 16.7. The number of hydrogen-bond donors (Lipinski definition) is 1. The first-order valence-electron chi connectivity index (χ1n) is 10.9. The summed E-state index contributed by atoms with van der Waals surface area (Å²) >= 11 is 0. The van der Waals surface area contributed by atoms with Gasteiger partial charge in [-0.15, -0.1) is 0 Å². The van der Waals surface area contributed by atoms with Gasteiger partial charge in [-0.05, 0) is 32.9 Å². The van der Waals surface area contributed by atoms with Crippen LogP contribution in [0.5, 0.6) is 11.8 Å². The third-order valence-corrected chi connectivity index (χ3v) is 5.30. The number of likely N-dealkylation sites (tertiary alicyclic amines) is 1. The second-order valence-corrected chi connectivity index (χ2v) is 8.18. The standard InChI is InChI=1S/C24H28N4O5/c1-15(2)30-24(29)28-11-9-19(10-12-28)31-22-16(3)23(26-14-25-22)33-27-17(4)21-13-18-7-5-6-8-20(18)32-21/h5-8,13-15,19,27H,4,9-12H2,1-3H3. The van der Waals surface area contributed by atoms with Crippen LogP contribution < -0.4 is 15.1 Å². The smallest absolute Gasteiger partial charge is 0.410 e. The number of nitrogens with one attached hydrogen (secondary N) is 1. The Hall–Kier alpha value is -3.75. The van der Waals surface area contributed by atoms with Crippen LogP contribution in [0.25, 0.3) is 16.7 Å². The molecular weight excluding hydrogens is 424 g/mol. The number of fused-ring (bicyclic) bond motifs is 1. The highest BCUT2D eigenvalue weighted by Gasteiger charge is 2.26. The Morgan fingerprint density at radius 3 is 2.67 bits per heavy atom. The summed E-state index contributed by atoms with van der Waals surface area (Å²) in [7, 11) is 0. The van der Waals surface area contributed by atoms with E-state index in [4.69, 9.17) is 18.7 Å². The van der Waals surface area contributed by atoms with E-state index in [9.17, 15) is 4.79 Å². The molecule has 1 fully saturated rings. The molecular formula is C24H28N4O5. The third-order valence-electron chi connectivity index (χ3n) is 5.30. The Bertz CT molecular complexity index is 1100. The van der Waals surface area contributed by atoms with Crippen LogP contribution in [-0.2, 0) is 4.74 Å². The van der Waals surface area contributed by atoms with E-state index in [0.29, 0.717) is 54.7 Å². The van der Waals surface area contributed by atoms with Gasteiger partial charge < -0.3 is 23.6 Å². The second-order valence-electron chi connectivity index (χ2n) is 8.18. The first-order chi connectivity index (χ1) is 15.9. The molecule has 1 aliphatic heterocycles. The summed E-state index contributed by atoms with van der Waals surface area (Å²) in [6.45, 7) is 10.6. The lowest BCUT2D eigenvalue weighted by molar-refractivity contribution is 0.0504. The number of aromatic nitrogens is 2. The Kier molecular flexibility index (Phi) is 6.67. The van der Waals surface area contributed by atoms with E-state index < -0.39 is 0 Å². The minimum Gasteiger partial charge on any atom is -0.474 e.